The van der Waals surface area contributed by atoms with Crippen molar-refractivity contribution in [2.24, 2.45) is 0 Å². The van der Waals surface area contributed by atoms with E-state index in [9.17, 15) is 0 Å². The number of methoxy groups -OCH3 is 1. The number of halogens is 2. The fraction of sp³-hybridized carbons (Fsp3) is 0.400. The molecule has 1 N–H and O–H groups in total. The minimum Gasteiger partial charge on any atom is -0.493 e. The summed E-state index contributed by atoms with van der Waals surface area (Å²) >= 11 is 3.54. The number of benzene rings is 2. The van der Waals surface area contributed by atoms with E-state index in [2.05, 4.69) is 39.4 Å². The maximum absolute atomic E-state index is 6.09. The summed E-state index contributed by atoms with van der Waals surface area (Å²) in [6, 6.07) is 14.1. The van der Waals surface area contributed by atoms with Gasteiger partial charge in [-0.3, -0.25) is 0 Å². The van der Waals surface area contributed by atoms with E-state index in [0.717, 1.165) is 53.3 Å². The van der Waals surface area contributed by atoms with Crippen molar-refractivity contribution in [3.63, 3.8) is 0 Å². The molecule has 6 heteroatoms. The van der Waals surface area contributed by atoms with Crippen molar-refractivity contribution in [1.82, 2.24) is 5.32 Å². The molecule has 0 unspecified atom stereocenters. The van der Waals surface area contributed by atoms with Gasteiger partial charge in [0.1, 0.15) is 6.61 Å². The fourth-order valence-corrected chi connectivity index (χ4v) is 2.95. The van der Waals surface area contributed by atoms with Crippen molar-refractivity contribution >= 4 is 28.3 Å². The summed E-state index contributed by atoms with van der Waals surface area (Å²) in [5.74, 6) is 1.52. The molecule has 26 heavy (non-hydrogen) atoms. The molecule has 0 aliphatic rings. The van der Waals surface area contributed by atoms with Gasteiger partial charge in [-0.25, -0.2) is 0 Å². The minimum atomic E-state index is 0. The maximum Gasteiger partial charge on any atom is 0.166 e. The van der Waals surface area contributed by atoms with E-state index in [-0.39, 0.29) is 12.4 Å². The predicted molar refractivity (Wildman–Crippen MR) is 112 cm³/mol. The Bertz CT molecular complexity index is 640. The van der Waals surface area contributed by atoms with Crippen LogP contribution in [-0.4, -0.2) is 26.9 Å². The second-order valence-corrected chi connectivity index (χ2v) is 6.51. The van der Waals surface area contributed by atoms with Crippen LogP contribution in [-0.2, 0) is 17.9 Å². The third-order valence-corrected chi connectivity index (χ3v) is 4.16. The van der Waals surface area contributed by atoms with E-state index < -0.39 is 0 Å². The maximum atomic E-state index is 6.09. The average Bonchev–Trinajstić information content (AvgIpc) is 2.64. The van der Waals surface area contributed by atoms with Crippen molar-refractivity contribution in [2.45, 2.75) is 26.5 Å². The van der Waals surface area contributed by atoms with E-state index >= 15 is 0 Å². The zero-order valence-corrected chi connectivity index (χ0v) is 17.7. The number of ether oxygens (including phenoxy) is 3. The number of hydrogen-bond acceptors (Lipinski definition) is 4. The Morgan fingerprint density at radius 3 is 2.58 bits per heavy atom. The van der Waals surface area contributed by atoms with Gasteiger partial charge in [0.05, 0.1) is 7.11 Å². The van der Waals surface area contributed by atoms with Gasteiger partial charge in [0, 0.05) is 29.8 Å². The fourth-order valence-electron chi connectivity index (χ4n) is 2.47. The van der Waals surface area contributed by atoms with Crippen LogP contribution >= 0.6 is 28.3 Å². The molecule has 0 radical (unpaired) electrons. The normalized spacial score (nSPS) is 10.3. The summed E-state index contributed by atoms with van der Waals surface area (Å²) in [7, 11) is 1.66. The largest absolute Gasteiger partial charge is 0.493 e. The molecule has 0 amide bonds. The molecule has 2 aromatic rings. The highest BCUT2D eigenvalue weighted by Crippen LogP contribution is 2.35. The standard InChI is InChI=1S/C20H26BrNO3.ClH/c1-3-24-11-7-10-22-14-17-12-18(21)13-19(23-2)20(17)25-15-16-8-5-4-6-9-16;/h4-6,8-9,12-13,22H,3,7,10-11,14-15H2,1-2H3;1H. The Morgan fingerprint density at radius 2 is 1.88 bits per heavy atom. The van der Waals surface area contributed by atoms with Crippen molar-refractivity contribution in [2.75, 3.05) is 26.9 Å². The number of hydrogen-bond donors (Lipinski definition) is 1. The average molecular weight is 445 g/mol. The second kappa shape index (κ2) is 13.0. The van der Waals surface area contributed by atoms with Crippen LogP contribution in [0.15, 0.2) is 46.9 Å². The number of rotatable bonds is 11. The van der Waals surface area contributed by atoms with Crippen LogP contribution < -0.4 is 14.8 Å². The van der Waals surface area contributed by atoms with Crippen molar-refractivity contribution in [3.05, 3.63) is 58.1 Å². The van der Waals surface area contributed by atoms with Crippen molar-refractivity contribution in [1.29, 1.82) is 0 Å². The van der Waals surface area contributed by atoms with E-state index in [1.807, 2.05) is 31.2 Å². The Labute approximate surface area is 170 Å². The summed E-state index contributed by atoms with van der Waals surface area (Å²) < 4.78 is 17.9. The van der Waals surface area contributed by atoms with E-state index in [0.29, 0.717) is 13.2 Å². The number of nitrogens with one attached hydrogen (secondary N) is 1. The summed E-state index contributed by atoms with van der Waals surface area (Å²) in [4.78, 5) is 0. The molecule has 0 saturated carbocycles. The van der Waals surface area contributed by atoms with Crippen LogP contribution in [0.5, 0.6) is 11.5 Å². The summed E-state index contributed by atoms with van der Waals surface area (Å²) in [5, 5.41) is 3.44. The Kier molecular flexibility index (Phi) is 11.4. The summed E-state index contributed by atoms with van der Waals surface area (Å²) in [6.07, 6.45) is 0.985. The van der Waals surface area contributed by atoms with Crippen LogP contribution in [0, 0.1) is 0 Å². The van der Waals surface area contributed by atoms with E-state index in [4.69, 9.17) is 14.2 Å². The lowest BCUT2D eigenvalue weighted by molar-refractivity contribution is 0.144. The van der Waals surface area contributed by atoms with Crippen LogP contribution in [0.25, 0.3) is 0 Å². The van der Waals surface area contributed by atoms with Gasteiger partial charge in [-0.15, -0.1) is 12.4 Å². The smallest absolute Gasteiger partial charge is 0.166 e. The highest BCUT2D eigenvalue weighted by molar-refractivity contribution is 9.10. The highest BCUT2D eigenvalue weighted by Gasteiger charge is 2.13. The van der Waals surface area contributed by atoms with Gasteiger partial charge < -0.3 is 19.5 Å². The predicted octanol–water partition coefficient (Wildman–Crippen LogP) is 4.97. The first-order chi connectivity index (χ1) is 12.2. The molecule has 4 nitrogen and oxygen atoms in total. The molecule has 0 fully saturated rings. The van der Waals surface area contributed by atoms with Gasteiger partial charge >= 0.3 is 0 Å². The monoisotopic (exact) mass is 443 g/mol. The van der Waals surface area contributed by atoms with Gasteiger partial charge in [0.25, 0.3) is 0 Å². The lowest BCUT2D eigenvalue weighted by atomic mass is 10.1. The lowest BCUT2D eigenvalue weighted by Gasteiger charge is -2.16. The molecule has 0 atom stereocenters. The van der Waals surface area contributed by atoms with Crippen LogP contribution in [0.2, 0.25) is 0 Å². The molecule has 0 aromatic heterocycles. The van der Waals surface area contributed by atoms with Crippen LogP contribution in [0.4, 0.5) is 0 Å². The zero-order valence-electron chi connectivity index (χ0n) is 15.3. The first kappa shape index (κ1) is 22.8. The first-order valence-corrected chi connectivity index (χ1v) is 9.35. The highest BCUT2D eigenvalue weighted by atomic mass is 79.9. The molecule has 0 saturated heterocycles. The molecule has 0 heterocycles. The van der Waals surface area contributed by atoms with Gasteiger partial charge in [-0.1, -0.05) is 46.3 Å². The molecule has 0 aliphatic carbocycles. The van der Waals surface area contributed by atoms with Gasteiger partial charge in [0.15, 0.2) is 11.5 Å². The second-order valence-electron chi connectivity index (χ2n) is 5.60. The van der Waals surface area contributed by atoms with E-state index in [1.54, 1.807) is 7.11 Å². The van der Waals surface area contributed by atoms with Gasteiger partial charge in [-0.2, -0.15) is 0 Å². The Hall–Kier alpha value is -1.27. The Balaban J connectivity index is 0.00000338. The van der Waals surface area contributed by atoms with Crippen molar-refractivity contribution in [3.8, 4) is 11.5 Å². The SMILES string of the molecule is CCOCCCNCc1cc(Br)cc(OC)c1OCc1ccccc1.Cl. The van der Waals surface area contributed by atoms with Gasteiger partial charge in [-0.05, 0) is 37.6 Å². The van der Waals surface area contributed by atoms with Crippen LogP contribution in [0.3, 0.4) is 0 Å². The molecule has 0 spiro atoms. The minimum absolute atomic E-state index is 0. The molecule has 0 aliphatic heterocycles. The first-order valence-electron chi connectivity index (χ1n) is 8.56. The van der Waals surface area contributed by atoms with Crippen molar-refractivity contribution < 1.29 is 14.2 Å². The Morgan fingerprint density at radius 1 is 1.12 bits per heavy atom. The molecule has 144 valence electrons. The molecular weight excluding hydrogens is 418 g/mol. The summed E-state index contributed by atoms with van der Waals surface area (Å²) in [5.41, 5.74) is 2.20. The molecule has 0 bridgehead atoms. The zero-order chi connectivity index (χ0) is 17.9. The molecular formula is C20H27BrClNO3. The summed E-state index contributed by atoms with van der Waals surface area (Å²) in [6.45, 7) is 5.68. The van der Waals surface area contributed by atoms with Crippen LogP contribution in [0.1, 0.15) is 24.5 Å². The molecule has 2 aromatic carbocycles. The third kappa shape index (κ3) is 7.54. The van der Waals surface area contributed by atoms with Gasteiger partial charge in [0.2, 0.25) is 0 Å². The lowest BCUT2D eigenvalue weighted by Crippen LogP contribution is -2.17. The topological polar surface area (TPSA) is 39.7 Å². The quantitative estimate of drug-likeness (QED) is 0.496. The van der Waals surface area contributed by atoms with E-state index in [1.165, 1.54) is 0 Å². The third-order valence-electron chi connectivity index (χ3n) is 3.70. The molecule has 2 rings (SSSR count).